The van der Waals surface area contributed by atoms with Gasteiger partial charge in [0.25, 0.3) is 11.9 Å². The number of benzene rings is 6. The zero-order valence-electron chi connectivity index (χ0n) is 39.7. The van der Waals surface area contributed by atoms with Crippen molar-refractivity contribution < 1.29 is 145 Å². The number of hydrogen-bond acceptors (Lipinski definition) is 4. The van der Waals surface area contributed by atoms with E-state index in [1.54, 1.807) is 0 Å². The standard InChI is InChI=1S/C32H12BF24.C20H14IO4/c34-25(35,36)13-1-14(26(37,38)39)6-21(5-13)33(22-7-15(27(40,41)42)2-16(8-22)28(43,44)45,23-9-17(29(46,47)48)3-18(10-23)30(49,50)51)24-11-19(31(52,53)54)4-20(12-24)32(55,56)57;1-3-7-15(8-4-1)22-19-13-11-17(24-19)21-18-12-14-20(25-18)23-16-9-5-2-6-10-16/h1-12H;1-14H/q-1;+1. The summed E-state index contributed by atoms with van der Waals surface area (Å²) >= 11 is -0.575. The van der Waals surface area contributed by atoms with Gasteiger partial charge in [0.05, 0.1) is 44.5 Å². The highest BCUT2D eigenvalue weighted by Crippen LogP contribution is 2.42. The number of alkyl halides is 24. The van der Waals surface area contributed by atoms with Gasteiger partial charge in [0.1, 0.15) is 17.6 Å². The lowest BCUT2D eigenvalue weighted by atomic mass is 9.12. The summed E-state index contributed by atoms with van der Waals surface area (Å²) in [5.41, 5.74) is -30.2. The zero-order valence-corrected chi connectivity index (χ0v) is 41.8. The minimum Gasteiger partial charge on any atom is -0.426 e. The molecule has 8 aromatic rings. The minimum atomic E-state index is -6.13. The summed E-state index contributed by atoms with van der Waals surface area (Å²) in [6.07, 6.45) is -54.8. The predicted molar refractivity (Wildman–Crippen MR) is 238 cm³/mol. The van der Waals surface area contributed by atoms with E-state index in [0.29, 0.717) is 11.9 Å². The highest BCUT2D eigenvalue weighted by Gasteiger charge is 2.47. The van der Waals surface area contributed by atoms with E-state index in [1.807, 2.05) is 84.9 Å². The van der Waals surface area contributed by atoms with Crippen LogP contribution in [-0.4, -0.2) is 6.15 Å². The van der Waals surface area contributed by atoms with Gasteiger partial charge in [-0.1, -0.05) is 84.9 Å². The normalized spacial score (nSPS) is 13.2. The Labute approximate surface area is 454 Å². The molecule has 0 saturated carbocycles. The first kappa shape index (κ1) is 62.2. The summed E-state index contributed by atoms with van der Waals surface area (Å²) in [7, 11) is 0. The van der Waals surface area contributed by atoms with Crippen LogP contribution < -0.4 is 52.5 Å². The molecule has 0 aliphatic heterocycles. The number of ether oxygens (including phenoxy) is 2. The summed E-state index contributed by atoms with van der Waals surface area (Å²) < 4.78 is 365. The van der Waals surface area contributed by atoms with Gasteiger partial charge in [-0.05, 0) is 48.5 Å². The van der Waals surface area contributed by atoms with E-state index in [4.69, 9.17) is 18.3 Å². The third kappa shape index (κ3) is 14.8. The van der Waals surface area contributed by atoms with Gasteiger partial charge in [-0.2, -0.15) is 127 Å². The fourth-order valence-electron chi connectivity index (χ4n) is 8.18. The Balaban J connectivity index is 0.000000318. The average molecular weight is 1310 g/mol. The van der Waals surface area contributed by atoms with Crippen molar-refractivity contribution in [2.24, 2.45) is 0 Å². The van der Waals surface area contributed by atoms with Gasteiger partial charge >= 0.3 is 78.1 Å². The average Bonchev–Trinajstić information content (AvgIpc) is 4.01. The van der Waals surface area contributed by atoms with Gasteiger partial charge < -0.3 is 18.3 Å². The molecule has 0 fully saturated rings. The van der Waals surface area contributed by atoms with E-state index in [9.17, 15) is 105 Å². The molecule has 30 heteroatoms. The van der Waals surface area contributed by atoms with Gasteiger partial charge in [0.2, 0.25) is 0 Å². The van der Waals surface area contributed by atoms with Crippen molar-refractivity contribution in [1.29, 1.82) is 0 Å². The van der Waals surface area contributed by atoms with Crippen LogP contribution in [0.3, 0.4) is 0 Å². The fourth-order valence-corrected chi connectivity index (χ4v) is 10.1. The summed E-state index contributed by atoms with van der Waals surface area (Å²) in [6.45, 7) is 0. The lowest BCUT2D eigenvalue weighted by Crippen LogP contribution is -3.61. The second-order valence-electron chi connectivity index (χ2n) is 17.3. The molecule has 0 aliphatic carbocycles. The van der Waals surface area contributed by atoms with Crippen LogP contribution in [0.5, 0.6) is 23.4 Å². The number of rotatable bonds is 10. The molecule has 2 heterocycles. The largest absolute Gasteiger partial charge is 0.443 e. The molecule has 6 aromatic carbocycles. The number of hydrogen-bond donors (Lipinski definition) is 0. The number of furan rings is 2. The number of halogens is 25. The van der Waals surface area contributed by atoms with Crippen LogP contribution in [0.1, 0.15) is 44.5 Å². The first-order chi connectivity index (χ1) is 37.6. The van der Waals surface area contributed by atoms with Gasteiger partial charge in [-0.3, -0.25) is 0 Å². The van der Waals surface area contributed by atoms with E-state index in [0.717, 1.165) is 19.0 Å². The molecule has 436 valence electrons. The second-order valence-corrected chi connectivity index (χ2v) is 19.9. The predicted octanol–water partition coefficient (Wildman–Crippen LogP) is 13.8. The lowest BCUT2D eigenvalue weighted by Gasteiger charge is -2.46. The molecule has 0 radical (unpaired) electrons. The molecule has 0 unspecified atom stereocenters. The van der Waals surface area contributed by atoms with Crippen molar-refractivity contribution in [1.82, 2.24) is 0 Å². The molecule has 0 amide bonds. The van der Waals surface area contributed by atoms with Crippen LogP contribution in [0, 0.1) is 7.53 Å². The van der Waals surface area contributed by atoms with Crippen molar-refractivity contribution >= 4 is 28.0 Å². The molecule has 0 atom stereocenters. The van der Waals surface area contributed by atoms with E-state index in [2.05, 4.69) is 0 Å². The van der Waals surface area contributed by atoms with Crippen molar-refractivity contribution in [2.75, 3.05) is 0 Å². The van der Waals surface area contributed by atoms with Crippen LogP contribution in [0.15, 0.2) is 167 Å². The van der Waals surface area contributed by atoms with Crippen LogP contribution in [0.2, 0.25) is 0 Å². The Bertz CT molecular complexity index is 3000. The zero-order chi connectivity index (χ0) is 60.8. The smallest absolute Gasteiger partial charge is 0.426 e. The van der Waals surface area contributed by atoms with Gasteiger partial charge in [-0.25, -0.2) is 0 Å². The first-order valence-corrected chi connectivity index (χ1v) is 24.4. The van der Waals surface area contributed by atoms with Crippen LogP contribution in [0.4, 0.5) is 105 Å². The van der Waals surface area contributed by atoms with Crippen molar-refractivity contribution in [3.05, 3.63) is 210 Å². The van der Waals surface area contributed by atoms with E-state index in [-0.39, 0.29) is 0 Å². The third-order valence-electron chi connectivity index (χ3n) is 11.6. The lowest BCUT2D eigenvalue weighted by molar-refractivity contribution is -0.636. The molecule has 2 aromatic heterocycles. The van der Waals surface area contributed by atoms with Crippen molar-refractivity contribution in [2.45, 2.75) is 49.4 Å². The molecule has 0 saturated heterocycles. The topological polar surface area (TPSA) is 44.7 Å². The maximum absolute atomic E-state index is 14.2. The Hall–Kier alpha value is -7.41. The second kappa shape index (κ2) is 22.4. The maximum Gasteiger partial charge on any atom is 0.443 e. The maximum atomic E-state index is 14.2. The van der Waals surface area contributed by atoms with Gasteiger partial charge in [-0.15, -0.1) is 0 Å². The Morgan fingerprint density at radius 2 is 0.476 bits per heavy atom. The van der Waals surface area contributed by atoms with E-state index in [1.165, 1.54) is 0 Å². The summed E-state index contributed by atoms with van der Waals surface area (Å²) in [6, 6.07) is 17.8. The summed E-state index contributed by atoms with van der Waals surface area (Å²) in [5.74, 6) is 2.46. The highest BCUT2D eigenvalue weighted by molar-refractivity contribution is 7.20. The first-order valence-electron chi connectivity index (χ1n) is 22.3. The minimum absolute atomic E-state index is 0.480. The van der Waals surface area contributed by atoms with Gasteiger partial charge in [0.15, 0.2) is 0 Å². The van der Waals surface area contributed by atoms with Crippen LogP contribution in [-0.2, 0) is 49.4 Å². The SMILES string of the molecule is FC(F)(F)c1cc([B-](c2cc(C(F)(F)F)cc(C(F)(F)F)c2)(c2cc(C(F)(F)F)cc(C(F)(F)F)c2)c2cc(C(F)(F)F)cc(C(F)(F)F)c2)cc(C(F)(F)F)c1.c1ccc(Oc2ccc([I+]c3ccc(Oc4ccccc4)o3)o2)cc1. The number of para-hydroxylation sites is 2. The van der Waals surface area contributed by atoms with Gasteiger partial charge in [0, 0.05) is 24.3 Å². The molecule has 0 spiro atoms. The molecule has 82 heavy (non-hydrogen) atoms. The van der Waals surface area contributed by atoms with Crippen LogP contribution >= 0.6 is 0 Å². The molecule has 8 rings (SSSR count). The van der Waals surface area contributed by atoms with Crippen molar-refractivity contribution in [3.63, 3.8) is 0 Å². The fraction of sp³-hybridized carbons (Fsp3) is 0.154. The molecule has 0 N–H and O–H groups in total. The Morgan fingerprint density at radius 1 is 0.268 bits per heavy atom. The highest BCUT2D eigenvalue weighted by atomic mass is 127. The molecular weight excluding hydrogens is 1280 g/mol. The van der Waals surface area contributed by atoms with Crippen molar-refractivity contribution in [3.8, 4) is 23.4 Å². The van der Waals surface area contributed by atoms with E-state index >= 15 is 0 Å². The van der Waals surface area contributed by atoms with Crippen LogP contribution in [0.25, 0.3) is 0 Å². The molecular formula is C52H26BF24IO4. The summed E-state index contributed by atoms with van der Waals surface area (Å²) in [4.78, 5) is 0. The Kier molecular flexibility index (Phi) is 17.0. The van der Waals surface area contributed by atoms with E-state index < -0.39 is 216 Å². The summed E-state index contributed by atoms with van der Waals surface area (Å²) in [5, 5.41) is 0. The molecule has 0 aliphatic rings. The molecule has 0 bridgehead atoms. The Morgan fingerprint density at radius 3 is 0.671 bits per heavy atom. The monoisotopic (exact) mass is 1310 g/mol. The third-order valence-corrected chi connectivity index (χ3v) is 13.9. The quantitative estimate of drug-likeness (QED) is 0.0778. The molecule has 4 nitrogen and oxygen atoms in total.